The molecule has 1 aliphatic heterocycles. The average molecular weight is 351 g/mol. The molecule has 0 aromatic heterocycles. The van der Waals surface area contributed by atoms with Crippen molar-refractivity contribution in [1.82, 2.24) is 4.90 Å². The molecule has 2 atom stereocenters. The Labute approximate surface area is 147 Å². The van der Waals surface area contributed by atoms with Gasteiger partial charge in [0.15, 0.2) is 0 Å². The summed E-state index contributed by atoms with van der Waals surface area (Å²) < 4.78 is 5.04. The topological polar surface area (TPSA) is 58.6 Å². The Morgan fingerprint density at radius 2 is 2.08 bits per heavy atom. The third kappa shape index (κ3) is 2.37. The van der Waals surface area contributed by atoms with Crippen LogP contribution < -0.4 is 5.32 Å². The number of nitrogens with one attached hydrogen (secondary N) is 1. The van der Waals surface area contributed by atoms with Crippen LogP contribution in [0, 0.1) is 16.7 Å². The van der Waals surface area contributed by atoms with Crippen LogP contribution in [-0.2, 0) is 9.53 Å². The van der Waals surface area contributed by atoms with Gasteiger partial charge in [-0.1, -0.05) is 25.4 Å². The number of likely N-dealkylation sites (tertiary alicyclic amines) is 1. The van der Waals surface area contributed by atoms with Gasteiger partial charge in [0.05, 0.1) is 18.1 Å². The van der Waals surface area contributed by atoms with E-state index in [4.69, 9.17) is 16.3 Å². The average Bonchev–Trinajstić information content (AvgIpc) is 2.89. The molecule has 1 aliphatic carbocycles. The number of anilines is 1. The summed E-state index contributed by atoms with van der Waals surface area (Å²) >= 11 is 6.07. The van der Waals surface area contributed by atoms with Crippen molar-refractivity contribution in [1.29, 1.82) is 0 Å². The standard InChI is InChI=1S/C18H23ClN2O3/c1-17(2)9-18(16(23)24-4)10-21(8-14(17)18)15(22)12-7-11(19)5-6-13(12)20-3/h5-7,14,20H,8-10H2,1-4H3/t14-,18+/m1/s1. The number of nitrogens with zero attached hydrogens (tertiary/aromatic N) is 1. The third-order valence-corrected chi connectivity index (χ3v) is 5.85. The van der Waals surface area contributed by atoms with Gasteiger partial charge in [-0.25, -0.2) is 0 Å². The predicted octanol–water partition coefficient (Wildman–Crippen LogP) is 3.04. The van der Waals surface area contributed by atoms with E-state index < -0.39 is 5.41 Å². The molecular formula is C18H23ClN2O3. The second-order valence-electron chi connectivity index (χ2n) is 7.49. The molecule has 1 aromatic rings. The molecule has 130 valence electrons. The van der Waals surface area contributed by atoms with E-state index in [9.17, 15) is 9.59 Å². The van der Waals surface area contributed by atoms with E-state index >= 15 is 0 Å². The Morgan fingerprint density at radius 3 is 2.67 bits per heavy atom. The van der Waals surface area contributed by atoms with Crippen LogP contribution in [-0.4, -0.2) is 44.0 Å². The summed E-state index contributed by atoms with van der Waals surface area (Å²) in [6.07, 6.45) is 0.746. The number of carbonyl (C=O) groups excluding carboxylic acids is 2. The number of benzene rings is 1. The van der Waals surface area contributed by atoms with Gasteiger partial charge in [-0.05, 0) is 36.0 Å². The SMILES string of the molecule is CNc1ccc(Cl)cc1C(=O)N1C[C@@H]2C(C)(C)C[C@]2(C(=O)OC)C1. The molecule has 24 heavy (non-hydrogen) atoms. The van der Waals surface area contributed by atoms with Gasteiger partial charge in [-0.3, -0.25) is 9.59 Å². The molecular weight excluding hydrogens is 328 g/mol. The maximum absolute atomic E-state index is 13.0. The number of fused-ring (bicyclic) bond motifs is 1. The molecule has 0 bridgehead atoms. The largest absolute Gasteiger partial charge is 0.469 e. The van der Waals surface area contributed by atoms with Gasteiger partial charge in [0, 0.05) is 30.8 Å². The Hall–Kier alpha value is -1.75. The second kappa shape index (κ2) is 5.66. The van der Waals surface area contributed by atoms with Crippen LogP contribution >= 0.6 is 11.6 Å². The fraction of sp³-hybridized carbons (Fsp3) is 0.556. The van der Waals surface area contributed by atoms with Gasteiger partial charge < -0.3 is 15.0 Å². The van der Waals surface area contributed by atoms with E-state index in [1.165, 1.54) is 7.11 Å². The molecule has 1 saturated heterocycles. The summed E-state index contributed by atoms with van der Waals surface area (Å²) in [5.74, 6) is -0.184. The monoisotopic (exact) mass is 350 g/mol. The van der Waals surface area contributed by atoms with Crippen molar-refractivity contribution in [3.8, 4) is 0 Å². The fourth-order valence-electron chi connectivity index (χ4n) is 4.61. The Balaban J connectivity index is 1.91. The number of rotatable bonds is 3. The van der Waals surface area contributed by atoms with Crippen molar-refractivity contribution in [2.75, 3.05) is 32.6 Å². The summed E-state index contributed by atoms with van der Waals surface area (Å²) in [4.78, 5) is 27.2. The van der Waals surface area contributed by atoms with Crippen molar-refractivity contribution in [3.63, 3.8) is 0 Å². The van der Waals surface area contributed by atoms with E-state index in [-0.39, 0.29) is 23.2 Å². The first-order chi connectivity index (χ1) is 11.2. The van der Waals surface area contributed by atoms with Crippen LogP contribution in [0.2, 0.25) is 5.02 Å². The Morgan fingerprint density at radius 1 is 1.38 bits per heavy atom. The van der Waals surface area contributed by atoms with E-state index in [2.05, 4.69) is 19.2 Å². The summed E-state index contributed by atoms with van der Waals surface area (Å²) in [5.41, 5.74) is 0.731. The Kier molecular flexibility index (Phi) is 4.03. The Bertz CT molecular complexity index is 704. The molecule has 6 heteroatoms. The number of hydrogen-bond donors (Lipinski definition) is 1. The lowest BCUT2D eigenvalue weighted by Gasteiger charge is -2.54. The summed E-state index contributed by atoms with van der Waals surface area (Å²) in [6.45, 7) is 5.26. The van der Waals surface area contributed by atoms with Gasteiger partial charge in [0.2, 0.25) is 0 Å². The van der Waals surface area contributed by atoms with Crippen molar-refractivity contribution < 1.29 is 14.3 Å². The number of esters is 1. The third-order valence-electron chi connectivity index (χ3n) is 5.62. The summed E-state index contributed by atoms with van der Waals surface area (Å²) in [6, 6.07) is 5.21. The first kappa shape index (κ1) is 17.1. The second-order valence-corrected chi connectivity index (χ2v) is 7.93. The molecule has 2 fully saturated rings. The van der Waals surface area contributed by atoms with E-state index in [1.807, 2.05) is 0 Å². The minimum Gasteiger partial charge on any atom is -0.469 e. The van der Waals surface area contributed by atoms with Crippen LogP contribution in [0.4, 0.5) is 5.69 Å². The molecule has 1 amide bonds. The first-order valence-electron chi connectivity index (χ1n) is 8.10. The highest BCUT2D eigenvalue weighted by molar-refractivity contribution is 6.31. The van der Waals surface area contributed by atoms with Crippen molar-refractivity contribution in [2.24, 2.45) is 16.7 Å². The zero-order chi connectivity index (χ0) is 17.7. The molecule has 0 spiro atoms. The lowest BCUT2D eigenvalue weighted by Crippen LogP contribution is -2.57. The smallest absolute Gasteiger partial charge is 0.314 e. The van der Waals surface area contributed by atoms with Gasteiger partial charge in [0.25, 0.3) is 5.91 Å². The molecule has 1 N–H and O–H groups in total. The van der Waals surface area contributed by atoms with Gasteiger partial charge in [-0.15, -0.1) is 0 Å². The number of amides is 1. The highest BCUT2D eigenvalue weighted by atomic mass is 35.5. The highest BCUT2D eigenvalue weighted by Crippen LogP contribution is 2.63. The van der Waals surface area contributed by atoms with Gasteiger partial charge in [-0.2, -0.15) is 0 Å². The van der Waals surface area contributed by atoms with Crippen LogP contribution in [0.5, 0.6) is 0 Å². The normalized spacial score (nSPS) is 27.2. The number of carbonyl (C=O) groups is 2. The molecule has 2 aliphatic rings. The van der Waals surface area contributed by atoms with Crippen molar-refractivity contribution in [2.45, 2.75) is 20.3 Å². The van der Waals surface area contributed by atoms with Crippen LogP contribution in [0.1, 0.15) is 30.6 Å². The summed E-state index contributed by atoms with van der Waals surface area (Å²) in [5, 5.41) is 3.54. The number of methoxy groups -OCH3 is 1. The maximum atomic E-state index is 13.0. The minimum atomic E-state index is -0.563. The van der Waals surface area contributed by atoms with Crippen LogP contribution in [0.25, 0.3) is 0 Å². The quantitative estimate of drug-likeness (QED) is 0.851. The van der Waals surface area contributed by atoms with Crippen molar-refractivity contribution in [3.05, 3.63) is 28.8 Å². The van der Waals surface area contributed by atoms with Gasteiger partial charge in [0.1, 0.15) is 0 Å². The number of hydrogen-bond acceptors (Lipinski definition) is 4. The molecule has 1 heterocycles. The van der Waals surface area contributed by atoms with Crippen LogP contribution in [0.3, 0.4) is 0 Å². The van der Waals surface area contributed by atoms with E-state index in [0.717, 1.165) is 12.1 Å². The zero-order valence-corrected chi connectivity index (χ0v) is 15.2. The van der Waals surface area contributed by atoms with E-state index in [1.54, 1.807) is 30.1 Å². The molecule has 5 nitrogen and oxygen atoms in total. The fourth-order valence-corrected chi connectivity index (χ4v) is 4.78. The van der Waals surface area contributed by atoms with E-state index in [0.29, 0.717) is 23.7 Å². The zero-order valence-electron chi connectivity index (χ0n) is 14.5. The highest BCUT2D eigenvalue weighted by Gasteiger charge is 2.68. The van der Waals surface area contributed by atoms with Gasteiger partial charge >= 0.3 is 5.97 Å². The molecule has 3 rings (SSSR count). The van der Waals surface area contributed by atoms with Crippen molar-refractivity contribution >= 4 is 29.2 Å². The maximum Gasteiger partial charge on any atom is 0.314 e. The number of halogens is 1. The number of ether oxygens (including phenoxy) is 1. The lowest BCUT2D eigenvalue weighted by atomic mass is 9.48. The molecule has 0 unspecified atom stereocenters. The predicted molar refractivity (Wildman–Crippen MR) is 93.2 cm³/mol. The summed E-state index contributed by atoms with van der Waals surface area (Å²) in [7, 11) is 3.19. The lowest BCUT2D eigenvalue weighted by molar-refractivity contribution is -0.174. The van der Waals surface area contributed by atoms with Crippen LogP contribution in [0.15, 0.2) is 18.2 Å². The first-order valence-corrected chi connectivity index (χ1v) is 8.48. The minimum absolute atomic E-state index is 0.0311. The molecule has 1 saturated carbocycles. The molecule has 0 radical (unpaired) electrons. The molecule has 1 aromatic carbocycles.